The molecule has 1 aliphatic rings. The van der Waals surface area contributed by atoms with Gasteiger partial charge in [0.05, 0.1) is 11.7 Å². The van der Waals surface area contributed by atoms with E-state index >= 15 is 0 Å². The smallest absolute Gasteiger partial charge is 0.0602 e. The van der Waals surface area contributed by atoms with Crippen molar-refractivity contribution in [1.29, 1.82) is 0 Å². The summed E-state index contributed by atoms with van der Waals surface area (Å²) in [5.74, 6) is 1.86. The Bertz CT molecular complexity index is 172. The van der Waals surface area contributed by atoms with Gasteiger partial charge in [-0.2, -0.15) is 0 Å². The molecule has 0 bridgehead atoms. The van der Waals surface area contributed by atoms with Gasteiger partial charge >= 0.3 is 0 Å². The fourth-order valence-electron chi connectivity index (χ4n) is 2.61. The molecular formula is C14H28O. The highest BCUT2D eigenvalue weighted by molar-refractivity contribution is 4.77. The van der Waals surface area contributed by atoms with Crippen LogP contribution in [0.2, 0.25) is 0 Å². The molecule has 0 aromatic rings. The van der Waals surface area contributed by atoms with Crippen molar-refractivity contribution >= 4 is 0 Å². The standard InChI is InChI=1S/C14H28O/c1-6-11(2)12-7-9-13(10-8-12)15-14(3,4)5/h11-13H,6-10H2,1-5H3. The summed E-state index contributed by atoms with van der Waals surface area (Å²) in [5.41, 5.74) is 0.0356. The van der Waals surface area contributed by atoms with Crippen LogP contribution in [0.5, 0.6) is 0 Å². The predicted molar refractivity (Wildman–Crippen MR) is 66.0 cm³/mol. The highest BCUT2D eigenvalue weighted by atomic mass is 16.5. The van der Waals surface area contributed by atoms with E-state index in [0.717, 1.165) is 11.8 Å². The topological polar surface area (TPSA) is 9.23 Å². The van der Waals surface area contributed by atoms with Gasteiger partial charge in [-0.05, 0) is 58.3 Å². The third-order valence-electron chi connectivity index (χ3n) is 3.69. The van der Waals surface area contributed by atoms with E-state index in [2.05, 4.69) is 34.6 Å². The first-order valence-electron chi connectivity index (χ1n) is 6.60. The lowest BCUT2D eigenvalue weighted by atomic mass is 9.78. The third kappa shape index (κ3) is 4.55. The lowest BCUT2D eigenvalue weighted by Crippen LogP contribution is -2.31. The Labute approximate surface area is 95.6 Å². The van der Waals surface area contributed by atoms with E-state index in [1.807, 2.05) is 0 Å². The molecule has 0 N–H and O–H groups in total. The maximum absolute atomic E-state index is 6.04. The first-order chi connectivity index (χ1) is 6.92. The van der Waals surface area contributed by atoms with Gasteiger partial charge in [-0.1, -0.05) is 20.3 Å². The van der Waals surface area contributed by atoms with Crippen LogP contribution in [-0.4, -0.2) is 11.7 Å². The zero-order valence-electron chi connectivity index (χ0n) is 11.2. The Morgan fingerprint density at radius 3 is 2.07 bits per heavy atom. The Hall–Kier alpha value is -0.0400. The van der Waals surface area contributed by atoms with Gasteiger partial charge in [0.2, 0.25) is 0 Å². The number of hydrogen-bond acceptors (Lipinski definition) is 1. The number of hydrogen-bond donors (Lipinski definition) is 0. The van der Waals surface area contributed by atoms with E-state index in [1.54, 1.807) is 0 Å². The van der Waals surface area contributed by atoms with Crippen LogP contribution in [0.3, 0.4) is 0 Å². The van der Waals surface area contributed by atoms with Crippen LogP contribution in [0.25, 0.3) is 0 Å². The lowest BCUT2D eigenvalue weighted by Gasteiger charge is -2.35. The average molecular weight is 212 g/mol. The van der Waals surface area contributed by atoms with Crippen molar-refractivity contribution in [1.82, 2.24) is 0 Å². The Morgan fingerprint density at radius 1 is 1.13 bits per heavy atom. The Morgan fingerprint density at radius 2 is 1.67 bits per heavy atom. The molecule has 0 heterocycles. The largest absolute Gasteiger partial charge is 0.373 e. The summed E-state index contributed by atoms with van der Waals surface area (Å²) in [5, 5.41) is 0. The molecule has 1 heteroatoms. The van der Waals surface area contributed by atoms with Crippen molar-refractivity contribution in [2.24, 2.45) is 11.8 Å². The van der Waals surface area contributed by atoms with Gasteiger partial charge in [0.25, 0.3) is 0 Å². The van der Waals surface area contributed by atoms with Gasteiger partial charge in [0.15, 0.2) is 0 Å². The molecule has 0 aliphatic heterocycles. The molecule has 1 nitrogen and oxygen atoms in total. The van der Waals surface area contributed by atoms with Crippen LogP contribution >= 0.6 is 0 Å². The lowest BCUT2D eigenvalue weighted by molar-refractivity contribution is -0.0806. The van der Waals surface area contributed by atoms with Crippen LogP contribution in [0.4, 0.5) is 0 Å². The van der Waals surface area contributed by atoms with E-state index in [-0.39, 0.29) is 5.60 Å². The summed E-state index contributed by atoms with van der Waals surface area (Å²) in [4.78, 5) is 0. The molecule has 1 saturated carbocycles. The molecule has 1 fully saturated rings. The van der Waals surface area contributed by atoms with Crippen LogP contribution in [0, 0.1) is 11.8 Å². The van der Waals surface area contributed by atoms with E-state index in [0.29, 0.717) is 6.10 Å². The maximum atomic E-state index is 6.04. The molecule has 0 spiro atoms. The highest BCUT2D eigenvalue weighted by Crippen LogP contribution is 2.34. The molecule has 0 aromatic carbocycles. The molecule has 0 amide bonds. The van der Waals surface area contributed by atoms with Crippen LogP contribution in [0.15, 0.2) is 0 Å². The van der Waals surface area contributed by atoms with Gasteiger partial charge in [0, 0.05) is 0 Å². The molecule has 90 valence electrons. The molecule has 1 unspecified atom stereocenters. The van der Waals surface area contributed by atoms with Gasteiger partial charge in [0.1, 0.15) is 0 Å². The van der Waals surface area contributed by atoms with Crippen molar-refractivity contribution < 1.29 is 4.74 Å². The molecular weight excluding hydrogens is 184 g/mol. The van der Waals surface area contributed by atoms with E-state index in [4.69, 9.17) is 4.74 Å². The minimum absolute atomic E-state index is 0.0356. The van der Waals surface area contributed by atoms with Crippen LogP contribution in [-0.2, 0) is 4.74 Å². The van der Waals surface area contributed by atoms with E-state index in [9.17, 15) is 0 Å². The van der Waals surface area contributed by atoms with Crippen LogP contribution in [0.1, 0.15) is 66.7 Å². The second kappa shape index (κ2) is 5.34. The first-order valence-corrected chi connectivity index (χ1v) is 6.60. The summed E-state index contributed by atoms with van der Waals surface area (Å²) in [6.07, 6.45) is 7.13. The Balaban J connectivity index is 2.30. The summed E-state index contributed by atoms with van der Waals surface area (Å²) in [6.45, 7) is 11.2. The minimum Gasteiger partial charge on any atom is -0.373 e. The van der Waals surface area contributed by atoms with Gasteiger partial charge in [-0.3, -0.25) is 0 Å². The van der Waals surface area contributed by atoms with Crippen molar-refractivity contribution in [2.45, 2.75) is 78.4 Å². The first kappa shape index (κ1) is 13.0. The van der Waals surface area contributed by atoms with Crippen molar-refractivity contribution in [3.63, 3.8) is 0 Å². The van der Waals surface area contributed by atoms with Crippen molar-refractivity contribution in [3.8, 4) is 0 Å². The SMILES string of the molecule is CCC(C)C1CCC(OC(C)(C)C)CC1. The normalized spacial score (nSPS) is 30.2. The molecule has 1 aliphatic carbocycles. The Kier molecular flexibility index (Phi) is 4.64. The second-order valence-electron chi connectivity index (χ2n) is 6.15. The summed E-state index contributed by atoms with van der Waals surface area (Å²) in [7, 11) is 0. The number of ether oxygens (including phenoxy) is 1. The molecule has 1 rings (SSSR count). The molecule has 0 aromatic heterocycles. The van der Waals surface area contributed by atoms with E-state index < -0.39 is 0 Å². The van der Waals surface area contributed by atoms with Gasteiger partial charge in [-0.15, -0.1) is 0 Å². The fourth-order valence-corrected chi connectivity index (χ4v) is 2.61. The van der Waals surface area contributed by atoms with Crippen LogP contribution < -0.4 is 0 Å². The maximum Gasteiger partial charge on any atom is 0.0602 e. The molecule has 15 heavy (non-hydrogen) atoms. The third-order valence-corrected chi connectivity index (χ3v) is 3.69. The van der Waals surface area contributed by atoms with E-state index in [1.165, 1.54) is 32.1 Å². The highest BCUT2D eigenvalue weighted by Gasteiger charge is 2.27. The average Bonchev–Trinajstić information content (AvgIpc) is 2.15. The predicted octanol–water partition coefficient (Wildman–Crippen LogP) is 4.41. The second-order valence-corrected chi connectivity index (χ2v) is 6.15. The fraction of sp³-hybridized carbons (Fsp3) is 1.00. The monoisotopic (exact) mass is 212 g/mol. The van der Waals surface area contributed by atoms with Crippen molar-refractivity contribution in [2.75, 3.05) is 0 Å². The summed E-state index contributed by atoms with van der Waals surface area (Å²) >= 11 is 0. The number of rotatable bonds is 3. The molecule has 1 atom stereocenters. The zero-order valence-corrected chi connectivity index (χ0v) is 11.2. The quantitative estimate of drug-likeness (QED) is 0.673. The summed E-state index contributed by atoms with van der Waals surface area (Å²) < 4.78 is 6.04. The van der Waals surface area contributed by atoms with Gasteiger partial charge < -0.3 is 4.74 Å². The zero-order chi connectivity index (χ0) is 11.5. The van der Waals surface area contributed by atoms with Gasteiger partial charge in [-0.25, -0.2) is 0 Å². The van der Waals surface area contributed by atoms with Crippen molar-refractivity contribution in [3.05, 3.63) is 0 Å². The molecule has 0 radical (unpaired) electrons. The minimum atomic E-state index is 0.0356. The molecule has 0 saturated heterocycles. The summed E-state index contributed by atoms with van der Waals surface area (Å²) in [6, 6.07) is 0.